The van der Waals surface area contributed by atoms with Crippen molar-refractivity contribution in [1.82, 2.24) is 19.6 Å². The van der Waals surface area contributed by atoms with Gasteiger partial charge in [-0.05, 0) is 31.4 Å². The summed E-state index contributed by atoms with van der Waals surface area (Å²) < 4.78 is 30.5. The molecule has 2 atom stereocenters. The third-order valence-corrected chi connectivity index (χ3v) is 4.61. The molecule has 4 rings (SSSR count). The lowest BCUT2D eigenvalue weighted by molar-refractivity contribution is -0.385. The molecule has 3 aromatic heterocycles. The van der Waals surface area contributed by atoms with Gasteiger partial charge in [-0.2, -0.15) is 13.8 Å². The van der Waals surface area contributed by atoms with Crippen LogP contribution in [0.25, 0.3) is 5.65 Å². The van der Waals surface area contributed by atoms with Crippen LogP contribution in [0.4, 0.5) is 26.2 Å². The lowest BCUT2D eigenvalue weighted by Gasteiger charge is -2.14. The lowest BCUT2D eigenvalue weighted by atomic mass is 10.2. The van der Waals surface area contributed by atoms with Gasteiger partial charge in [0.05, 0.1) is 4.92 Å². The molecule has 152 valence electrons. The van der Waals surface area contributed by atoms with Crippen molar-refractivity contribution in [1.29, 1.82) is 0 Å². The molecule has 0 amide bonds. The van der Waals surface area contributed by atoms with Gasteiger partial charge in [-0.15, -0.1) is 5.10 Å². The molecule has 2 N–H and O–H groups in total. The van der Waals surface area contributed by atoms with Gasteiger partial charge >= 0.3 is 6.61 Å². The van der Waals surface area contributed by atoms with Crippen LogP contribution in [-0.4, -0.2) is 43.2 Å². The van der Waals surface area contributed by atoms with E-state index < -0.39 is 11.5 Å². The summed E-state index contributed by atoms with van der Waals surface area (Å²) in [6, 6.07) is 6.06. The van der Waals surface area contributed by atoms with E-state index in [1.54, 1.807) is 6.07 Å². The van der Waals surface area contributed by atoms with Crippen molar-refractivity contribution >= 4 is 23.1 Å². The van der Waals surface area contributed by atoms with Gasteiger partial charge in [-0.1, -0.05) is 0 Å². The molecular weight excluding hydrogens is 388 g/mol. The largest absolute Gasteiger partial charge is 0.435 e. The lowest BCUT2D eigenvalue weighted by Crippen LogP contribution is -2.21. The van der Waals surface area contributed by atoms with Crippen LogP contribution in [0, 0.1) is 10.1 Å². The Morgan fingerprint density at radius 3 is 2.72 bits per heavy atom. The van der Waals surface area contributed by atoms with Crippen LogP contribution in [0.5, 0.6) is 5.75 Å². The summed E-state index contributed by atoms with van der Waals surface area (Å²) in [5.74, 6) is 1.00. The van der Waals surface area contributed by atoms with Gasteiger partial charge in [0.15, 0.2) is 5.65 Å². The number of ether oxygens (including phenoxy) is 1. The van der Waals surface area contributed by atoms with Gasteiger partial charge in [0.2, 0.25) is 5.95 Å². The van der Waals surface area contributed by atoms with Gasteiger partial charge in [0, 0.05) is 30.4 Å². The van der Waals surface area contributed by atoms with Crippen molar-refractivity contribution in [3.63, 3.8) is 0 Å². The highest BCUT2D eigenvalue weighted by molar-refractivity contribution is 5.48. The number of aromatic nitrogens is 4. The third kappa shape index (κ3) is 4.47. The van der Waals surface area contributed by atoms with Gasteiger partial charge in [-0.3, -0.25) is 10.1 Å². The standard InChI is InChI=1S/C17H17F2N7O3/c18-16(19)29-13-5-6-25-15(8-13)23-17(24-25)22-11-2-1-10(7-11)21-14-4-3-12(9-20-14)26(27)28/h3-6,8-11,16H,1-2,7H2,(H,20,21)(H,22,24)/t10-,11-/m0/s1. The maximum absolute atomic E-state index is 12.3. The normalized spacial score (nSPS) is 18.9. The molecule has 1 aliphatic carbocycles. The SMILES string of the molecule is O=[N+]([O-])c1ccc(N[C@H]2CC[C@H](Nc3nc4cc(OC(F)F)ccn4n3)C2)nc1. The van der Waals surface area contributed by atoms with Gasteiger partial charge < -0.3 is 15.4 Å². The number of nitro groups is 1. The summed E-state index contributed by atoms with van der Waals surface area (Å²) in [6.45, 7) is -2.90. The zero-order valence-electron chi connectivity index (χ0n) is 15.0. The zero-order valence-corrected chi connectivity index (χ0v) is 15.0. The zero-order chi connectivity index (χ0) is 20.4. The topological polar surface area (TPSA) is 120 Å². The molecule has 1 saturated carbocycles. The average Bonchev–Trinajstić information content (AvgIpc) is 3.27. The first-order valence-corrected chi connectivity index (χ1v) is 8.91. The predicted molar refractivity (Wildman–Crippen MR) is 99.2 cm³/mol. The molecule has 3 heterocycles. The molecule has 0 aromatic carbocycles. The summed E-state index contributed by atoms with van der Waals surface area (Å²) >= 11 is 0. The molecule has 29 heavy (non-hydrogen) atoms. The number of fused-ring (bicyclic) bond motifs is 1. The Balaban J connectivity index is 1.35. The number of alkyl halides is 2. The quantitative estimate of drug-likeness (QED) is 0.455. The maximum Gasteiger partial charge on any atom is 0.387 e. The Hall–Kier alpha value is -3.57. The summed E-state index contributed by atoms with van der Waals surface area (Å²) in [5.41, 5.74) is 0.343. The van der Waals surface area contributed by atoms with Crippen LogP contribution in [0.3, 0.4) is 0 Å². The summed E-state index contributed by atoms with van der Waals surface area (Å²) in [4.78, 5) is 18.6. The second-order valence-electron chi connectivity index (χ2n) is 6.63. The number of hydrogen-bond acceptors (Lipinski definition) is 8. The van der Waals surface area contributed by atoms with E-state index in [-0.39, 0.29) is 23.5 Å². The Morgan fingerprint density at radius 2 is 2.03 bits per heavy atom. The molecule has 0 aliphatic heterocycles. The first kappa shape index (κ1) is 18.8. The Morgan fingerprint density at radius 1 is 1.24 bits per heavy atom. The van der Waals surface area contributed by atoms with Crippen molar-refractivity contribution in [2.75, 3.05) is 10.6 Å². The highest BCUT2D eigenvalue weighted by Gasteiger charge is 2.26. The van der Waals surface area contributed by atoms with Crippen molar-refractivity contribution in [3.8, 4) is 5.75 Å². The molecule has 0 saturated heterocycles. The molecule has 3 aromatic rings. The van der Waals surface area contributed by atoms with E-state index in [1.807, 2.05) is 0 Å². The van der Waals surface area contributed by atoms with Crippen molar-refractivity contribution in [2.45, 2.75) is 38.0 Å². The monoisotopic (exact) mass is 405 g/mol. The molecule has 0 radical (unpaired) electrons. The highest BCUT2D eigenvalue weighted by Crippen LogP contribution is 2.25. The molecule has 1 aliphatic rings. The summed E-state index contributed by atoms with van der Waals surface area (Å²) in [6.07, 6.45) is 5.27. The van der Waals surface area contributed by atoms with Crippen molar-refractivity contribution in [3.05, 3.63) is 46.8 Å². The van der Waals surface area contributed by atoms with E-state index in [4.69, 9.17) is 0 Å². The average molecular weight is 405 g/mol. The van der Waals surface area contributed by atoms with Gasteiger partial charge in [-0.25, -0.2) is 9.50 Å². The van der Waals surface area contributed by atoms with Crippen LogP contribution < -0.4 is 15.4 Å². The minimum Gasteiger partial charge on any atom is -0.435 e. The number of pyridine rings is 2. The van der Waals surface area contributed by atoms with E-state index in [1.165, 1.54) is 35.1 Å². The Labute approximate surface area is 163 Å². The molecule has 12 heteroatoms. The van der Waals surface area contributed by atoms with Crippen LogP contribution >= 0.6 is 0 Å². The van der Waals surface area contributed by atoms with E-state index in [0.717, 1.165) is 19.3 Å². The molecule has 0 spiro atoms. The minimum absolute atomic E-state index is 0.0205. The molecule has 10 nitrogen and oxygen atoms in total. The minimum atomic E-state index is -2.90. The second kappa shape index (κ2) is 7.81. The molecule has 0 bridgehead atoms. The van der Waals surface area contributed by atoms with Crippen LogP contribution in [0.2, 0.25) is 0 Å². The van der Waals surface area contributed by atoms with Crippen LogP contribution in [-0.2, 0) is 0 Å². The Kier molecular flexibility index (Phi) is 5.06. The first-order valence-electron chi connectivity index (χ1n) is 8.91. The number of halogens is 2. The fraction of sp³-hybridized carbons (Fsp3) is 0.353. The number of anilines is 2. The van der Waals surface area contributed by atoms with Crippen LogP contribution in [0.1, 0.15) is 19.3 Å². The van der Waals surface area contributed by atoms with Gasteiger partial charge in [0.1, 0.15) is 17.8 Å². The van der Waals surface area contributed by atoms with E-state index in [9.17, 15) is 18.9 Å². The molecule has 0 unspecified atom stereocenters. The number of nitrogens with one attached hydrogen (secondary N) is 2. The van der Waals surface area contributed by atoms with E-state index in [2.05, 4.69) is 30.4 Å². The highest BCUT2D eigenvalue weighted by atomic mass is 19.3. The van der Waals surface area contributed by atoms with E-state index in [0.29, 0.717) is 17.4 Å². The fourth-order valence-electron chi connectivity index (χ4n) is 3.32. The number of hydrogen-bond donors (Lipinski definition) is 2. The van der Waals surface area contributed by atoms with Crippen molar-refractivity contribution in [2.24, 2.45) is 0 Å². The predicted octanol–water partition coefficient (Wildman–Crippen LogP) is 3.08. The fourth-order valence-corrected chi connectivity index (χ4v) is 3.32. The smallest absolute Gasteiger partial charge is 0.387 e. The summed E-state index contributed by atoms with van der Waals surface area (Å²) in [7, 11) is 0. The van der Waals surface area contributed by atoms with Crippen LogP contribution in [0.15, 0.2) is 36.7 Å². The third-order valence-electron chi connectivity index (χ3n) is 4.61. The van der Waals surface area contributed by atoms with Crippen molar-refractivity contribution < 1.29 is 18.4 Å². The van der Waals surface area contributed by atoms with E-state index >= 15 is 0 Å². The molecular formula is C17H17F2N7O3. The first-order chi connectivity index (χ1) is 14.0. The summed E-state index contributed by atoms with van der Waals surface area (Å²) in [5, 5.41) is 21.5. The van der Waals surface area contributed by atoms with Gasteiger partial charge in [0.25, 0.3) is 5.69 Å². The number of rotatable bonds is 7. The molecule has 1 fully saturated rings. The second-order valence-corrected chi connectivity index (χ2v) is 6.63. The maximum atomic E-state index is 12.3. The number of nitrogens with zero attached hydrogens (tertiary/aromatic N) is 5. The Bertz CT molecular complexity index is 1010.